The smallest absolute Gasteiger partial charge is 0.510 e. The summed E-state index contributed by atoms with van der Waals surface area (Å²) in [6, 6.07) is 37.5. The third-order valence-electron chi connectivity index (χ3n) is 11.3. The number of benzene rings is 4. The second-order valence-electron chi connectivity index (χ2n) is 18.5. The number of aliphatic imine (C=N–C) groups is 1. The molecule has 0 saturated heterocycles. The molecule has 3 heterocycles. The molecule has 2 atom stereocenters. The Balaban J connectivity index is 0.00000465. The first-order valence-electron chi connectivity index (χ1n) is 19.7. The Labute approximate surface area is 341 Å². The Morgan fingerprint density at radius 1 is 0.691 bits per heavy atom. The fourth-order valence-electron chi connectivity index (χ4n) is 8.08. The van der Waals surface area contributed by atoms with Crippen LogP contribution in [0.15, 0.2) is 96.1 Å². The average molecular weight is 911 g/mol. The average Bonchev–Trinajstić information content (AvgIpc) is 3.89. The van der Waals surface area contributed by atoms with Crippen molar-refractivity contribution in [2.75, 3.05) is 0 Å². The fourth-order valence-corrected chi connectivity index (χ4v) is 8.08. The molecule has 1 fully saturated rings. The maximum Gasteiger partial charge on any atom is 2.00 e. The van der Waals surface area contributed by atoms with Crippen LogP contribution >= 0.6 is 0 Å². The first-order chi connectivity index (χ1) is 25.6. The third-order valence-corrected chi connectivity index (χ3v) is 11.3. The van der Waals surface area contributed by atoms with E-state index in [1.165, 1.54) is 47.8 Å². The fraction of sp³-hybridized carbons (Fsp3) is 0.388. The van der Waals surface area contributed by atoms with Gasteiger partial charge in [-0.25, -0.2) is 4.98 Å². The maximum atomic E-state index is 6.80. The molecule has 5 nitrogen and oxygen atoms in total. The molecule has 1 aliphatic carbocycles. The van der Waals surface area contributed by atoms with Gasteiger partial charge in [0.15, 0.2) is 0 Å². The number of ether oxygens (including phenoxy) is 2. The van der Waals surface area contributed by atoms with Crippen LogP contribution in [-0.4, -0.2) is 21.5 Å². The Morgan fingerprint density at radius 3 is 2.07 bits per heavy atom. The first-order valence-corrected chi connectivity index (χ1v) is 19.7. The van der Waals surface area contributed by atoms with E-state index >= 15 is 0 Å². The minimum absolute atomic E-state index is 0. The predicted molar refractivity (Wildman–Crippen MR) is 221 cm³/mol. The molecule has 0 bridgehead atoms. The van der Waals surface area contributed by atoms with Crippen molar-refractivity contribution in [2.24, 2.45) is 10.9 Å². The molecule has 55 heavy (non-hydrogen) atoms. The summed E-state index contributed by atoms with van der Waals surface area (Å²) in [5, 5.41) is 2.28. The van der Waals surface area contributed by atoms with Crippen LogP contribution in [0.5, 0.6) is 11.5 Å². The van der Waals surface area contributed by atoms with Crippen LogP contribution in [-0.2, 0) is 42.0 Å². The normalized spacial score (nSPS) is 18.0. The van der Waals surface area contributed by atoms with E-state index in [4.69, 9.17) is 19.5 Å². The summed E-state index contributed by atoms with van der Waals surface area (Å²) in [6.07, 6.45) is 6.70. The summed E-state index contributed by atoms with van der Waals surface area (Å²) in [5.41, 5.74) is 7.51. The van der Waals surface area contributed by atoms with Gasteiger partial charge >= 0.3 is 21.1 Å². The van der Waals surface area contributed by atoms with Crippen molar-refractivity contribution in [1.82, 2.24) is 9.55 Å². The second kappa shape index (κ2) is 14.7. The van der Waals surface area contributed by atoms with Crippen LogP contribution in [0.4, 0.5) is 0 Å². The number of rotatable bonds is 6. The van der Waals surface area contributed by atoms with Gasteiger partial charge in [-0.3, -0.25) is 4.99 Å². The van der Waals surface area contributed by atoms with Crippen LogP contribution in [0, 0.1) is 18.1 Å². The summed E-state index contributed by atoms with van der Waals surface area (Å²) in [7, 11) is 0. The molecule has 0 spiro atoms. The SMILES string of the molecule is CC(C)(C)c1cc(Oc2[c-]c3c(cc2)c2cc(C(C)(C)C)ccc2n3-c2cc(C(C)(C)C)ccn2)[c-]c(C2=N[C@H](C3CCCC3)[C@H](c3ccccc3)O2)c1.[Pt+2]. The molecule has 0 radical (unpaired) electrons. The Bertz CT molecular complexity index is 2370. The summed E-state index contributed by atoms with van der Waals surface area (Å²) in [5.74, 6) is 3.26. The maximum absolute atomic E-state index is 6.80. The quantitative estimate of drug-likeness (QED) is 0.156. The van der Waals surface area contributed by atoms with Crippen LogP contribution in [0.2, 0.25) is 0 Å². The molecule has 2 aromatic heterocycles. The largest absolute Gasteiger partial charge is 2.00 e. The summed E-state index contributed by atoms with van der Waals surface area (Å²) in [6.45, 7) is 20.2. The zero-order chi connectivity index (χ0) is 38.0. The molecule has 6 heteroatoms. The van der Waals surface area contributed by atoms with Crippen LogP contribution in [0.1, 0.15) is 122 Å². The molecule has 1 aliphatic heterocycles. The minimum atomic E-state index is -0.139. The van der Waals surface area contributed by atoms with Gasteiger partial charge in [-0.15, -0.1) is 29.1 Å². The molecular weight excluding hydrogens is 858 g/mol. The van der Waals surface area contributed by atoms with E-state index in [0.29, 0.717) is 23.3 Å². The van der Waals surface area contributed by atoms with Crippen molar-refractivity contribution in [2.45, 2.75) is 116 Å². The molecule has 1 saturated carbocycles. The molecule has 6 aromatic rings. The number of pyridine rings is 1. The minimum Gasteiger partial charge on any atom is -0.510 e. The first kappa shape index (κ1) is 39.0. The van der Waals surface area contributed by atoms with Crippen molar-refractivity contribution in [3.05, 3.63) is 131 Å². The number of fused-ring (bicyclic) bond motifs is 3. The predicted octanol–water partition coefficient (Wildman–Crippen LogP) is 12.5. The van der Waals surface area contributed by atoms with E-state index in [1.54, 1.807) is 0 Å². The zero-order valence-corrected chi connectivity index (χ0v) is 36.0. The number of hydrogen-bond acceptors (Lipinski definition) is 4. The van der Waals surface area contributed by atoms with Gasteiger partial charge in [-0.2, -0.15) is 6.07 Å². The van der Waals surface area contributed by atoms with Gasteiger partial charge in [0.1, 0.15) is 17.8 Å². The van der Waals surface area contributed by atoms with E-state index < -0.39 is 0 Å². The Hall–Kier alpha value is -4.21. The van der Waals surface area contributed by atoms with Gasteiger partial charge < -0.3 is 14.0 Å². The summed E-state index contributed by atoms with van der Waals surface area (Å²) < 4.78 is 15.8. The van der Waals surface area contributed by atoms with E-state index in [1.807, 2.05) is 12.3 Å². The van der Waals surface area contributed by atoms with Crippen molar-refractivity contribution < 1.29 is 30.5 Å². The van der Waals surface area contributed by atoms with Crippen molar-refractivity contribution in [3.63, 3.8) is 0 Å². The Morgan fingerprint density at radius 2 is 1.38 bits per heavy atom. The monoisotopic (exact) mass is 910 g/mol. The zero-order valence-electron chi connectivity index (χ0n) is 33.7. The van der Waals surface area contributed by atoms with Crippen molar-refractivity contribution >= 4 is 27.7 Å². The molecule has 0 N–H and O–H groups in total. The number of aromatic nitrogens is 2. The molecule has 0 unspecified atom stereocenters. The topological polar surface area (TPSA) is 48.6 Å². The van der Waals surface area contributed by atoms with Gasteiger partial charge in [0.2, 0.25) is 0 Å². The molecule has 286 valence electrons. The van der Waals surface area contributed by atoms with E-state index in [0.717, 1.165) is 33.4 Å². The van der Waals surface area contributed by atoms with Crippen LogP contribution < -0.4 is 4.74 Å². The number of hydrogen-bond donors (Lipinski definition) is 0. The molecule has 4 aromatic carbocycles. The number of nitrogens with zero attached hydrogens (tertiary/aromatic N) is 3. The molecular formula is C49H53N3O2Pt. The van der Waals surface area contributed by atoms with Gasteiger partial charge in [0.05, 0.1) is 6.04 Å². The Kier molecular flexibility index (Phi) is 10.4. The van der Waals surface area contributed by atoms with Gasteiger partial charge in [-0.05, 0) is 75.3 Å². The van der Waals surface area contributed by atoms with Crippen LogP contribution in [0.25, 0.3) is 27.6 Å². The van der Waals surface area contributed by atoms with Crippen LogP contribution in [0.3, 0.4) is 0 Å². The molecule has 0 amide bonds. The van der Waals surface area contributed by atoms with E-state index in [-0.39, 0.29) is 49.5 Å². The molecule has 8 rings (SSSR count). The van der Waals surface area contributed by atoms with Gasteiger partial charge in [0, 0.05) is 23.2 Å². The standard InChI is InChI=1S/C49H53N3O2.Pt/c1-47(2,3)34-19-22-41-40(28-34)39-21-20-37(30-42(39)52(41)43-29-35(23-24-50-43)48(4,5)6)53-38-26-33(25-36(27-38)49(7,8)9)46-51-44(31-15-13-14-16-31)45(54-46)32-17-11-10-12-18-32;/h10-12,17-25,27-29,31,44-45H,13-16H2,1-9H3;/q-2;+2/t44-,45+;/m1./s1. The summed E-state index contributed by atoms with van der Waals surface area (Å²) >= 11 is 0. The van der Waals surface area contributed by atoms with Crippen molar-refractivity contribution in [3.8, 4) is 17.3 Å². The van der Waals surface area contributed by atoms with Gasteiger partial charge in [0.25, 0.3) is 0 Å². The third kappa shape index (κ3) is 7.79. The summed E-state index contributed by atoms with van der Waals surface area (Å²) in [4.78, 5) is 10.2. The van der Waals surface area contributed by atoms with Crippen molar-refractivity contribution in [1.29, 1.82) is 0 Å². The van der Waals surface area contributed by atoms with Gasteiger partial charge in [-0.1, -0.05) is 141 Å². The van der Waals surface area contributed by atoms with E-state index in [2.05, 4.69) is 158 Å². The second-order valence-corrected chi connectivity index (χ2v) is 18.5. The molecule has 2 aliphatic rings. The van der Waals surface area contributed by atoms with E-state index in [9.17, 15) is 0 Å².